The van der Waals surface area contributed by atoms with Crippen LogP contribution in [0.5, 0.6) is 5.75 Å². The molecule has 1 saturated heterocycles. The van der Waals surface area contributed by atoms with Crippen molar-refractivity contribution < 1.29 is 14.3 Å². The van der Waals surface area contributed by atoms with E-state index < -0.39 is 0 Å². The molecular weight excluding hydrogens is 266 g/mol. The van der Waals surface area contributed by atoms with E-state index in [-0.39, 0.29) is 17.4 Å². The Labute approximate surface area is 127 Å². The second kappa shape index (κ2) is 6.48. The van der Waals surface area contributed by atoms with Crippen LogP contribution in [0.4, 0.5) is 0 Å². The van der Waals surface area contributed by atoms with Crippen LogP contribution in [0.15, 0.2) is 24.3 Å². The van der Waals surface area contributed by atoms with Crippen molar-refractivity contribution in [3.05, 3.63) is 29.8 Å². The minimum Gasteiger partial charge on any atom is -0.497 e. The van der Waals surface area contributed by atoms with Crippen molar-refractivity contribution in [3.8, 4) is 5.75 Å². The third-order valence-electron chi connectivity index (χ3n) is 3.67. The van der Waals surface area contributed by atoms with E-state index in [1.165, 1.54) is 5.56 Å². The number of methoxy groups -OCH3 is 1. The SMILES string of the molecule is COc1cccc(CC2CN(C(=O)C(C)(C)C)CCO2)c1. The van der Waals surface area contributed by atoms with Gasteiger partial charge in [-0.2, -0.15) is 0 Å². The summed E-state index contributed by atoms with van der Waals surface area (Å²) in [6, 6.07) is 8.00. The summed E-state index contributed by atoms with van der Waals surface area (Å²) < 4.78 is 11.1. The summed E-state index contributed by atoms with van der Waals surface area (Å²) in [5.74, 6) is 1.05. The Morgan fingerprint density at radius 1 is 1.43 bits per heavy atom. The fourth-order valence-electron chi connectivity index (χ4n) is 2.56. The van der Waals surface area contributed by atoms with E-state index in [4.69, 9.17) is 9.47 Å². The molecule has 0 saturated carbocycles. The van der Waals surface area contributed by atoms with Gasteiger partial charge in [0.2, 0.25) is 5.91 Å². The molecule has 116 valence electrons. The van der Waals surface area contributed by atoms with Gasteiger partial charge < -0.3 is 14.4 Å². The lowest BCUT2D eigenvalue weighted by Gasteiger charge is -2.36. The summed E-state index contributed by atoms with van der Waals surface area (Å²) >= 11 is 0. The maximum atomic E-state index is 12.4. The van der Waals surface area contributed by atoms with Crippen LogP contribution in [0.25, 0.3) is 0 Å². The van der Waals surface area contributed by atoms with Crippen LogP contribution >= 0.6 is 0 Å². The molecule has 0 radical (unpaired) electrons. The average molecular weight is 291 g/mol. The molecule has 0 aromatic heterocycles. The first kappa shape index (κ1) is 15.8. The molecule has 1 heterocycles. The van der Waals surface area contributed by atoms with E-state index in [0.717, 1.165) is 12.2 Å². The summed E-state index contributed by atoms with van der Waals surface area (Å²) in [5.41, 5.74) is 0.835. The number of carbonyl (C=O) groups excluding carboxylic acids is 1. The number of hydrogen-bond acceptors (Lipinski definition) is 3. The van der Waals surface area contributed by atoms with E-state index in [1.807, 2.05) is 43.9 Å². The van der Waals surface area contributed by atoms with Crippen molar-refractivity contribution in [3.63, 3.8) is 0 Å². The zero-order valence-electron chi connectivity index (χ0n) is 13.4. The highest BCUT2D eigenvalue weighted by atomic mass is 16.5. The van der Waals surface area contributed by atoms with Gasteiger partial charge in [0.05, 0.1) is 19.8 Å². The molecule has 0 aliphatic carbocycles. The number of carbonyl (C=O) groups is 1. The van der Waals surface area contributed by atoms with Gasteiger partial charge in [-0.3, -0.25) is 4.79 Å². The topological polar surface area (TPSA) is 38.8 Å². The van der Waals surface area contributed by atoms with E-state index in [1.54, 1.807) is 7.11 Å². The van der Waals surface area contributed by atoms with Crippen LogP contribution in [0.3, 0.4) is 0 Å². The Balaban J connectivity index is 1.99. The van der Waals surface area contributed by atoms with Crippen LogP contribution in [0, 0.1) is 5.41 Å². The van der Waals surface area contributed by atoms with E-state index in [0.29, 0.717) is 19.7 Å². The van der Waals surface area contributed by atoms with Crippen molar-refractivity contribution in [2.75, 3.05) is 26.8 Å². The highest BCUT2D eigenvalue weighted by Crippen LogP contribution is 2.21. The molecular formula is C17H25NO3. The number of nitrogens with zero attached hydrogens (tertiary/aromatic N) is 1. The fraction of sp³-hybridized carbons (Fsp3) is 0.588. The predicted octanol–water partition coefficient (Wildman–Crippen LogP) is 2.51. The summed E-state index contributed by atoms with van der Waals surface area (Å²) in [6.07, 6.45) is 0.850. The molecule has 1 aromatic rings. The van der Waals surface area contributed by atoms with Crippen LogP contribution in [-0.4, -0.2) is 43.7 Å². The third kappa shape index (κ3) is 4.21. The highest BCUT2D eigenvalue weighted by molar-refractivity contribution is 5.81. The monoisotopic (exact) mass is 291 g/mol. The van der Waals surface area contributed by atoms with E-state index in [2.05, 4.69) is 6.07 Å². The Hall–Kier alpha value is -1.55. The van der Waals surface area contributed by atoms with Crippen molar-refractivity contribution in [1.82, 2.24) is 4.90 Å². The lowest BCUT2D eigenvalue weighted by Crippen LogP contribution is -2.49. The van der Waals surface area contributed by atoms with Gasteiger partial charge in [-0.15, -0.1) is 0 Å². The van der Waals surface area contributed by atoms with Gasteiger partial charge in [0, 0.05) is 24.9 Å². The molecule has 21 heavy (non-hydrogen) atoms. The Bertz CT molecular complexity index is 493. The molecule has 4 heteroatoms. The minimum absolute atomic E-state index is 0.0529. The molecule has 1 aromatic carbocycles. The number of morpholine rings is 1. The molecule has 1 fully saturated rings. The van der Waals surface area contributed by atoms with Crippen LogP contribution in [0.1, 0.15) is 26.3 Å². The number of hydrogen-bond donors (Lipinski definition) is 0. The Morgan fingerprint density at radius 3 is 2.86 bits per heavy atom. The molecule has 4 nitrogen and oxygen atoms in total. The van der Waals surface area contributed by atoms with Gasteiger partial charge in [-0.25, -0.2) is 0 Å². The Kier molecular flexibility index (Phi) is 4.88. The number of rotatable bonds is 3. The first-order valence-corrected chi connectivity index (χ1v) is 7.44. The lowest BCUT2D eigenvalue weighted by atomic mass is 9.94. The van der Waals surface area contributed by atoms with Crippen LogP contribution in [-0.2, 0) is 16.0 Å². The Morgan fingerprint density at radius 2 is 2.19 bits per heavy atom. The normalized spacial score (nSPS) is 19.4. The lowest BCUT2D eigenvalue weighted by molar-refractivity contribution is -0.147. The van der Waals surface area contributed by atoms with Gasteiger partial charge >= 0.3 is 0 Å². The average Bonchev–Trinajstić information content (AvgIpc) is 2.46. The van der Waals surface area contributed by atoms with E-state index in [9.17, 15) is 4.79 Å². The molecule has 0 spiro atoms. The molecule has 1 unspecified atom stereocenters. The maximum Gasteiger partial charge on any atom is 0.228 e. The van der Waals surface area contributed by atoms with Crippen LogP contribution in [0.2, 0.25) is 0 Å². The smallest absolute Gasteiger partial charge is 0.228 e. The fourth-order valence-corrected chi connectivity index (χ4v) is 2.56. The summed E-state index contributed by atoms with van der Waals surface area (Å²) in [5, 5.41) is 0. The van der Waals surface area contributed by atoms with Crippen molar-refractivity contribution >= 4 is 5.91 Å². The van der Waals surface area contributed by atoms with Crippen molar-refractivity contribution in [2.45, 2.75) is 33.3 Å². The van der Waals surface area contributed by atoms with Gasteiger partial charge in [0.15, 0.2) is 0 Å². The summed E-state index contributed by atoms with van der Waals surface area (Å²) in [6.45, 7) is 7.83. The van der Waals surface area contributed by atoms with Crippen molar-refractivity contribution in [1.29, 1.82) is 0 Å². The van der Waals surface area contributed by atoms with Gasteiger partial charge in [0.25, 0.3) is 0 Å². The molecule has 0 N–H and O–H groups in total. The second-order valence-corrected chi connectivity index (χ2v) is 6.55. The third-order valence-corrected chi connectivity index (χ3v) is 3.67. The van der Waals surface area contributed by atoms with Crippen LogP contribution < -0.4 is 4.74 Å². The standard InChI is InChI=1S/C17H25NO3/c1-17(2,3)16(19)18-8-9-21-15(12-18)11-13-6-5-7-14(10-13)20-4/h5-7,10,15H,8-9,11-12H2,1-4H3. The van der Waals surface area contributed by atoms with Crippen molar-refractivity contribution in [2.24, 2.45) is 5.41 Å². The molecule has 1 amide bonds. The van der Waals surface area contributed by atoms with Gasteiger partial charge in [-0.05, 0) is 17.7 Å². The van der Waals surface area contributed by atoms with E-state index >= 15 is 0 Å². The molecule has 1 aliphatic heterocycles. The molecule has 1 aliphatic rings. The molecule has 0 bridgehead atoms. The highest BCUT2D eigenvalue weighted by Gasteiger charge is 2.31. The summed E-state index contributed by atoms with van der Waals surface area (Å²) in [7, 11) is 1.67. The number of amides is 1. The second-order valence-electron chi connectivity index (χ2n) is 6.55. The number of ether oxygens (including phenoxy) is 2. The first-order valence-electron chi connectivity index (χ1n) is 7.44. The summed E-state index contributed by atoms with van der Waals surface area (Å²) in [4.78, 5) is 14.3. The zero-order chi connectivity index (χ0) is 15.5. The van der Waals surface area contributed by atoms with Gasteiger partial charge in [0.1, 0.15) is 5.75 Å². The zero-order valence-corrected chi connectivity index (χ0v) is 13.4. The quantitative estimate of drug-likeness (QED) is 0.859. The number of benzene rings is 1. The molecule has 2 rings (SSSR count). The predicted molar refractivity (Wildman–Crippen MR) is 82.5 cm³/mol. The maximum absolute atomic E-state index is 12.4. The minimum atomic E-state index is -0.335. The first-order chi connectivity index (χ1) is 9.90. The van der Waals surface area contributed by atoms with Gasteiger partial charge in [-0.1, -0.05) is 32.9 Å². The molecule has 1 atom stereocenters. The largest absolute Gasteiger partial charge is 0.497 e.